The Kier molecular flexibility index (Phi) is 3.69. The molecule has 1 aliphatic rings. The summed E-state index contributed by atoms with van der Waals surface area (Å²) in [6.45, 7) is 6.11. The maximum absolute atomic E-state index is 5.28. The van der Waals surface area contributed by atoms with E-state index >= 15 is 0 Å². The van der Waals surface area contributed by atoms with Gasteiger partial charge >= 0.3 is 0 Å². The molecular formula is C14H21NO2. The van der Waals surface area contributed by atoms with Gasteiger partial charge in [0.1, 0.15) is 5.75 Å². The lowest BCUT2D eigenvalue weighted by atomic mass is 9.88. The number of methoxy groups -OCH3 is 1. The van der Waals surface area contributed by atoms with Gasteiger partial charge in [-0.3, -0.25) is 0 Å². The average Bonchev–Trinajstić information content (AvgIpc) is 2.28. The van der Waals surface area contributed by atoms with Crippen molar-refractivity contribution < 1.29 is 9.47 Å². The molecule has 1 aromatic carbocycles. The molecule has 3 heteroatoms. The van der Waals surface area contributed by atoms with Gasteiger partial charge in [-0.05, 0) is 24.7 Å². The van der Waals surface area contributed by atoms with E-state index in [0.29, 0.717) is 5.41 Å². The third kappa shape index (κ3) is 3.20. The highest BCUT2D eigenvalue weighted by Gasteiger charge is 2.34. The van der Waals surface area contributed by atoms with E-state index in [1.165, 1.54) is 5.56 Å². The van der Waals surface area contributed by atoms with E-state index in [2.05, 4.69) is 31.0 Å². The van der Waals surface area contributed by atoms with Crippen molar-refractivity contribution in [3.63, 3.8) is 0 Å². The van der Waals surface area contributed by atoms with Crippen LogP contribution in [0, 0.1) is 5.41 Å². The van der Waals surface area contributed by atoms with Gasteiger partial charge in [0.2, 0.25) is 0 Å². The van der Waals surface area contributed by atoms with E-state index in [-0.39, 0.29) is 0 Å². The molecule has 0 atom stereocenters. The Labute approximate surface area is 103 Å². The highest BCUT2D eigenvalue weighted by Crippen LogP contribution is 2.27. The van der Waals surface area contributed by atoms with Gasteiger partial charge in [0.05, 0.1) is 20.3 Å². The van der Waals surface area contributed by atoms with E-state index < -0.39 is 0 Å². The predicted molar refractivity (Wildman–Crippen MR) is 68.3 cm³/mol. The number of nitrogens with zero attached hydrogens (tertiary/aromatic N) is 1. The number of hydrogen-bond donors (Lipinski definition) is 0. The first-order valence-electron chi connectivity index (χ1n) is 6.00. The van der Waals surface area contributed by atoms with Crippen molar-refractivity contribution in [1.82, 2.24) is 4.90 Å². The Morgan fingerprint density at radius 3 is 2.41 bits per heavy atom. The molecule has 0 unspecified atom stereocenters. The molecule has 0 bridgehead atoms. The van der Waals surface area contributed by atoms with Crippen molar-refractivity contribution in [2.24, 2.45) is 5.41 Å². The molecule has 17 heavy (non-hydrogen) atoms. The van der Waals surface area contributed by atoms with Crippen LogP contribution in [0.2, 0.25) is 0 Å². The first kappa shape index (κ1) is 12.4. The molecule has 0 aromatic heterocycles. The number of hydrogen-bond acceptors (Lipinski definition) is 3. The quantitative estimate of drug-likeness (QED) is 0.780. The molecule has 1 aliphatic heterocycles. The van der Waals surface area contributed by atoms with Crippen molar-refractivity contribution in [2.45, 2.75) is 13.5 Å². The lowest BCUT2D eigenvalue weighted by Crippen LogP contribution is -2.47. The molecule has 0 N–H and O–H groups in total. The molecule has 0 radical (unpaired) electrons. The summed E-state index contributed by atoms with van der Waals surface area (Å²) in [5.41, 5.74) is 1.67. The fourth-order valence-electron chi connectivity index (χ4n) is 2.29. The van der Waals surface area contributed by atoms with Crippen LogP contribution in [0.4, 0.5) is 0 Å². The second-order valence-corrected chi connectivity index (χ2v) is 5.32. The highest BCUT2D eigenvalue weighted by atomic mass is 16.5. The molecule has 0 spiro atoms. The van der Waals surface area contributed by atoms with E-state index in [0.717, 1.165) is 32.1 Å². The summed E-state index contributed by atoms with van der Waals surface area (Å²) < 4.78 is 10.4. The molecule has 94 valence electrons. The van der Waals surface area contributed by atoms with Crippen LogP contribution in [0.15, 0.2) is 24.3 Å². The standard InChI is InChI=1S/C14H21NO2/c1-14(10-17-11-14)9-15(2)8-12-4-6-13(16-3)7-5-12/h4-7H,8-11H2,1-3H3. The molecule has 2 rings (SSSR count). The van der Waals surface area contributed by atoms with E-state index in [9.17, 15) is 0 Å². The molecule has 3 nitrogen and oxygen atoms in total. The van der Waals surface area contributed by atoms with Gasteiger partial charge in [0.25, 0.3) is 0 Å². The van der Waals surface area contributed by atoms with Crippen molar-refractivity contribution in [1.29, 1.82) is 0 Å². The van der Waals surface area contributed by atoms with Gasteiger partial charge in [-0.1, -0.05) is 19.1 Å². The number of benzene rings is 1. The van der Waals surface area contributed by atoms with Crippen LogP contribution < -0.4 is 4.74 Å². The monoisotopic (exact) mass is 235 g/mol. The molecule has 1 aromatic rings. The van der Waals surface area contributed by atoms with Crippen LogP contribution in [0.3, 0.4) is 0 Å². The Morgan fingerprint density at radius 1 is 1.29 bits per heavy atom. The smallest absolute Gasteiger partial charge is 0.118 e. The SMILES string of the molecule is COc1ccc(CN(C)CC2(C)COC2)cc1. The van der Waals surface area contributed by atoms with Gasteiger partial charge in [-0.25, -0.2) is 0 Å². The zero-order valence-electron chi connectivity index (χ0n) is 10.9. The van der Waals surface area contributed by atoms with E-state index in [1.807, 2.05) is 12.1 Å². The van der Waals surface area contributed by atoms with Crippen LogP contribution in [0.5, 0.6) is 5.75 Å². The largest absolute Gasteiger partial charge is 0.497 e. The van der Waals surface area contributed by atoms with Gasteiger partial charge in [0, 0.05) is 18.5 Å². The Balaban J connectivity index is 1.86. The number of ether oxygens (including phenoxy) is 2. The minimum absolute atomic E-state index is 0.348. The summed E-state index contributed by atoms with van der Waals surface area (Å²) in [7, 11) is 3.85. The maximum atomic E-state index is 5.28. The second-order valence-electron chi connectivity index (χ2n) is 5.32. The molecule has 1 heterocycles. The Morgan fingerprint density at radius 2 is 1.94 bits per heavy atom. The molecule has 0 aliphatic carbocycles. The van der Waals surface area contributed by atoms with Crippen molar-refractivity contribution in [2.75, 3.05) is 33.9 Å². The van der Waals surface area contributed by atoms with E-state index in [1.54, 1.807) is 7.11 Å². The third-order valence-electron chi connectivity index (χ3n) is 3.16. The van der Waals surface area contributed by atoms with Gasteiger partial charge < -0.3 is 14.4 Å². The third-order valence-corrected chi connectivity index (χ3v) is 3.16. The average molecular weight is 235 g/mol. The van der Waals surface area contributed by atoms with Crippen molar-refractivity contribution in [3.8, 4) is 5.75 Å². The molecule has 0 amide bonds. The van der Waals surface area contributed by atoms with Crippen LogP contribution in [0.25, 0.3) is 0 Å². The van der Waals surface area contributed by atoms with E-state index in [4.69, 9.17) is 9.47 Å². The minimum atomic E-state index is 0.348. The first-order chi connectivity index (χ1) is 8.11. The lowest BCUT2D eigenvalue weighted by molar-refractivity contribution is -0.113. The van der Waals surface area contributed by atoms with Crippen LogP contribution in [-0.4, -0.2) is 38.8 Å². The van der Waals surface area contributed by atoms with Crippen LogP contribution >= 0.6 is 0 Å². The van der Waals surface area contributed by atoms with Crippen molar-refractivity contribution in [3.05, 3.63) is 29.8 Å². The maximum Gasteiger partial charge on any atom is 0.118 e. The summed E-state index contributed by atoms with van der Waals surface area (Å²) in [6, 6.07) is 8.26. The fourth-order valence-corrected chi connectivity index (χ4v) is 2.29. The first-order valence-corrected chi connectivity index (χ1v) is 6.00. The summed E-state index contributed by atoms with van der Waals surface area (Å²) in [5.74, 6) is 0.913. The topological polar surface area (TPSA) is 21.7 Å². The van der Waals surface area contributed by atoms with Crippen LogP contribution in [-0.2, 0) is 11.3 Å². The van der Waals surface area contributed by atoms with Gasteiger partial charge in [-0.2, -0.15) is 0 Å². The highest BCUT2D eigenvalue weighted by molar-refractivity contribution is 5.27. The minimum Gasteiger partial charge on any atom is -0.497 e. The summed E-state index contributed by atoms with van der Waals surface area (Å²) in [5, 5.41) is 0. The Hall–Kier alpha value is -1.06. The summed E-state index contributed by atoms with van der Waals surface area (Å²) in [6.07, 6.45) is 0. The summed E-state index contributed by atoms with van der Waals surface area (Å²) >= 11 is 0. The second kappa shape index (κ2) is 5.07. The molecule has 1 saturated heterocycles. The fraction of sp³-hybridized carbons (Fsp3) is 0.571. The van der Waals surface area contributed by atoms with Gasteiger partial charge in [0.15, 0.2) is 0 Å². The lowest BCUT2D eigenvalue weighted by Gasteiger charge is -2.40. The predicted octanol–water partition coefficient (Wildman–Crippen LogP) is 2.16. The summed E-state index contributed by atoms with van der Waals surface area (Å²) in [4.78, 5) is 2.35. The normalized spacial score (nSPS) is 17.9. The number of rotatable bonds is 5. The van der Waals surface area contributed by atoms with Crippen molar-refractivity contribution >= 4 is 0 Å². The Bertz CT molecular complexity index is 357. The van der Waals surface area contributed by atoms with Gasteiger partial charge in [-0.15, -0.1) is 0 Å². The van der Waals surface area contributed by atoms with Crippen LogP contribution in [0.1, 0.15) is 12.5 Å². The molecular weight excluding hydrogens is 214 g/mol. The zero-order valence-corrected chi connectivity index (χ0v) is 10.9. The molecule has 0 saturated carbocycles. The molecule has 1 fully saturated rings. The zero-order chi connectivity index (χ0) is 12.3.